The van der Waals surface area contributed by atoms with Crippen LogP contribution in [0.5, 0.6) is 0 Å². The molecule has 2 aliphatic rings. The Labute approximate surface area is 175 Å². The summed E-state index contributed by atoms with van der Waals surface area (Å²) < 4.78 is 7.27. The minimum absolute atomic E-state index is 0.0363. The van der Waals surface area contributed by atoms with Crippen molar-refractivity contribution in [3.8, 4) is 5.69 Å². The molecule has 0 bridgehead atoms. The van der Waals surface area contributed by atoms with Crippen LogP contribution in [0.25, 0.3) is 16.7 Å². The van der Waals surface area contributed by atoms with Gasteiger partial charge in [0.15, 0.2) is 11.3 Å². The first kappa shape index (κ1) is 19.1. The van der Waals surface area contributed by atoms with Crippen LogP contribution in [-0.2, 0) is 4.74 Å². The van der Waals surface area contributed by atoms with E-state index < -0.39 is 5.97 Å². The molecule has 1 saturated carbocycles. The van der Waals surface area contributed by atoms with Gasteiger partial charge in [0.05, 0.1) is 16.8 Å². The van der Waals surface area contributed by atoms with Gasteiger partial charge >= 0.3 is 5.97 Å². The summed E-state index contributed by atoms with van der Waals surface area (Å²) in [7, 11) is 0. The van der Waals surface area contributed by atoms with Gasteiger partial charge in [-0.05, 0) is 49.8 Å². The second-order valence-corrected chi connectivity index (χ2v) is 8.26. The first-order chi connectivity index (χ1) is 14.7. The van der Waals surface area contributed by atoms with Crippen LogP contribution in [0.4, 0.5) is 5.69 Å². The van der Waals surface area contributed by atoms with Gasteiger partial charge in [0.25, 0.3) is 0 Å². The Kier molecular flexibility index (Phi) is 5.12. The number of hydrogen-bond donors (Lipinski definition) is 2. The number of aromatic carboxylic acids is 1. The van der Waals surface area contributed by atoms with Crippen LogP contribution in [-0.4, -0.2) is 45.6 Å². The van der Waals surface area contributed by atoms with Gasteiger partial charge in [-0.25, -0.2) is 14.5 Å². The van der Waals surface area contributed by atoms with Crippen molar-refractivity contribution in [3.63, 3.8) is 0 Å². The van der Waals surface area contributed by atoms with E-state index in [1.54, 1.807) is 10.7 Å². The minimum Gasteiger partial charge on any atom is -0.477 e. The van der Waals surface area contributed by atoms with E-state index in [9.17, 15) is 9.90 Å². The number of pyridine rings is 1. The second-order valence-electron chi connectivity index (χ2n) is 8.26. The molecule has 0 spiro atoms. The number of benzene rings is 1. The maximum Gasteiger partial charge on any atom is 0.354 e. The Bertz CT molecular complexity index is 1050. The first-order valence-corrected chi connectivity index (χ1v) is 10.7. The van der Waals surface area contributed by atoms with Crippen LogP contribution < -0.4 is 5.32 Å². The first-order valence-electron chi connectivity index (χ1n) is 10.7. The van der Waals surface area contributed by atoms with Crippen LogP contribution in [0.1, 0.15) is 54.2 Å². The van der Waals surface area contributed by atoms with Crippen molar-refractivity contribution >= 4 is 22.7 Å². The number of fused-ring (bicyclic) bond motifs is 1. The van der Waals surface area contributed by atoms with Gasteiger partial charge < -0.3 is 15.2 Å². The molecule has 0 amide bonds. The number of nitrogens with zero attached hydrogens (tertiary/aromatic N) is 3. The van der Waals surface area contributed by atoms with Crippen molar-refractivity contribution in [2.24, 2.45) is 5.92 Å². The lowest BCUT2D eigenvalue weighted by Gasteiger charge is -2.25. The summed E-state index contributed by atoms with van der Waals surface area (Å²) in [5, 5.41) is 19.1. The number of anilines is 1. The number of carboxylic acid groups (broad SMARTS) is 1. The Morgan fingerprint density at radius 3 is 2.60 bits per heavy atom. The molecule has 2 aromatic heterocycles. The van der Waals surface area contributed by atoms with Crippen molar-refractivity contribution in [1.82, 2.24) is 14.8 Å². The predicted molar refractivity (Wildman–Crippen MR) is 114 cm³/mol. The smallest absolute Gasteiger partial charge is 0.354 e. The van der Waals surface area contributed by atoms with Crippen LogP contribution in [0.2, 0.25) is 0 Å². The Hall–Kier alpha value is -2.93. The van der Waals surface area contributed by atoms with E-state index in [0.717, 1.165) is 67.9 Å². The number of para-hydroxylation sites is 1. The number of nitrogens with one attached hydrogen (secondary N) is 1. The number of ether oxygens (including phenoxy) is 1. The molecular weight excluding hydrogens is 380 g/mol. The molecule has 3 heterocycles. The third-order valence-corrected chi connectivity index (χ3v) is 6.30. The SMILES string of the molecule is O=C(O)c1cc(NCC2CCOCC2)c2c(C3CCC3)nn(-c3ccccc3)c2n1. The number of hydrogen-bond acceptors (Lipinski definition) is 5. The lowest BCUT2D eigenvalue weighted by molar-refractivity contribution is 0.0690. The normalized spacial score (nSPS) is 17.7. The monoisotopic (exact) mass is 406 g/mol. The lowest BCUT2D eigenvalue weighted by Crippen LogP contribution is -2.23. The predicted octanol–water partition coefficient (Wildman–Crippen LogP) is 4.22. The highest BCUT2D eigenvalue weighted by Crippen LogP contribution is 2.41. The maximum absolute atomic E-state index is 11.8. The van der Waals surface area contributed by atoms with Gasteiger partial charge in [0.1, 0.15) is 0 Å². The molecule has 0 radical (unpaired) electrons. The van der Waals surface area contributed by atoms with Crippen LogP contribution >= 0.6 is 0 Å². The molecule has 1 saturated heterocycles. The third kappa shape index (κ3) is 3.54. The van der Waals surface area contributed by atoms with E-state index in [1.807, 2.05) is 30.3 Å². The Morgan fingerprint density at radius 1 is 1.17 bits per heavy atom. The van der Waals surface area contributed by atoms with E-state index in [-0.39, 0.29) is 5.69 Å². The molecule has 1 aliphatic heterocycles. The van der Waals surface area contributed by atoms with Crippen LogP contribution in [0.3, 0.4) is 0 Å². The van der Waals surface area contributed by atoms with Crippen molar-refractivity contribution in [2.75, 3.05) is 25.1 Å². The zero-order chi connectivity index (χ0) is 20.5. The molecule has 3 aromatic rings. The summed E-state index contributed by atoms with van der Waals surface area (Å²) >= 11 is 0. The highest BCUT2D eigenvalue weighted by atomic mass is 16.5. The van der Waals surface area contributed by atoms with E-state index >= 15 is 0 Å². The van der Waals surface area contributed by atoms with Crippen molar-refractivity contribution in [2.45, 2.75) is 38.0 Å². The van der Waals surface area contributed by atoms with E-state index in [2.05, 4.69) is 10.3 Å². The molecule has 7 nitrogen and oxygen atoms in total. The van der Waals surface area contributed by atoms with Gasteiger partial charge in [-0.3, -0.25) is 0 Å². The van der Waals surface area contributed by atoms with E-state index in [1.165, 1.54) is 6.42 Å². The summed E-state index contributed by atoms with van der Waals surface area (Å²) in [5.41, 5.74) is 3.39. The highest BCUT2D eigenvalue weighted by Gasteiger charge is 2.29. The summed E-state index contributed by atoms with van der Waals surface area (Å²) in [6.45, 7) is 2.37. The zero-order valence-corrected chi connectivity index (χ0v) is 16.9. The minimum atomic E-state index is -1.03. The molecule has 30 heavy (non-hydrogen) atoms. The molecule has 0 atom stereocenters. The molecule has 0 unspecified atom stereocenters. The van der Waals surface area contributed by atoms with E-state index in [4.69, 9.17) is 9.84 Å². The van der Waals surface area contributed by atoms with Crippen LogP contribution in [0.15, 0.2) is 36.4 Å². The lowest BCUT2D eigenvalue weighted by atomic mass is 9.82. The zero-order valence-electron chi connectivity index (χ0n) is 16.9. The largest absolute Gasteiger partial charge is 0.477 e. The average Bonchev–Trinajstić information content (AvgIpc) is 3.11. The quantitative estimate of drug-likeness (QED) is 0.637. The molecule has 156 valence electrons. The number of carbonyl (C=O) groups is 1. The van der Waals surface area contributed by atoms with Crippen molar-refractivity contribution in [3.05, 3.63) is 47.8 Å². The summed E-state index contributed by atoms with van der Waals surface area (Å²) in [5.74, 6) is -0.109. The third-order valence-electron chi connectivity index (χ3n) is 6.30. The standard InChI is InChI=1S/C23H26N4O3/c28-23(29)19-13-18(24-14-15-9-11-30-12-10-15)20-21(16-5-4-6-16)26-27(22(20)25-19)17-7-2-1-3-8-17/h1-3,7-8,13,15-16H,4-6,9-12,14H2,(H,24,25)(H,28,29). The molecule has 7 heteroatoms. The van der Waals surface area contributed by atoms with Crippen molar-refractivity contribution in [1.29, 1.82) is 0 Å². The topological polar surface area (TPSA) is 89.3 Å². The molecule has 1 aromatic carbocycles. The average molecular weight is 406 g/mol. The molecule has 1 aliphatic carbocycles. The maximum atomic E-state index is 11.8. The van der Waals surface area contributed by atoms with E-state index in [0.29, 0.717) is 17.5 Å². The van der Waals surface area contributed by atoms with Gasteiger partial charge in [0.2, 0.25) is 0 Å². The number of aromatic nitrogens is 3. The van der Waals surface area contributed by atoms with Crippen molar-refractivity contribution < 1.29 is 14.6 Å². The molecular formula is C23H26N4O3. The Morgan fingerprint density at radius 2 is 1.93 bits per heavy atom. The summed E-state index contributed by atoms with van der Waals surface area (Å²) in [6, 6.07) is 11.5. The fourth-order valence-electron chi connectivity index (χ4n) is 4.31. The summed E-state index contributed by atoms with van der Waals surface area (Å²) in [4.78, 5) is 16.3. The number of carboxylic acids is 1. The molecule has 2 fully saturated rings. The van der Waals surface area contributed by atoms with Gasteiger partial charge in [-0.2, -0.15) is 5.10 Å². The number of rotatable bonds is 6. The second kappa shape index (κ2) is 8.07. The molecule has 5 rings (SSSR count). The van der Waals surface area contributed by atoms with Gasteiger partial charge in [-0.1, -0.05) is 24.6 Å². The highest BCUT2D eigenvalue weighted by molar-refractivity contribution is 5.98. The fraction of sp³-hybridized carbons (Fsp3) is 0.435. The van der Waals surface area contributed by atoms with Crippen LogP contribution in [0, 0.1) is 5.92 Å². The Balaban J connectivity index is 1.63. The van der Waals surface area contributed by atoms with Gasteiger partial charge in [0, 0.05) is 31.4 Å². The summed E-state index contributed by atoms with van der Waals surface area (Å²) in [6.07, 6.45) is 5.47. The fourth-order valence-corrected chi connectivity index (χ4v) is 4.31. The van der Waals surface area contributed by atoms with Gasteiger partial charge in [-0.15, -0.1) is 0 Å². The molecule has 2 N–H and O–H groups in total.